The molecule has 4 nitrogen and oxygen atoms in total. The van der Waals surface area contributed by atoms with Gasteiger partial charge in [0, 0.05) is 16.1 Å². The van der Waals surface area contributed by atoms with Crippen molar-refractivity contribution >= 4 is 28.0 Å². The summed E-state index contributed by atoms with van der Waals surface area (Å²) in [5.74, 6) is 0.788. The second-order valence-corrected chi connectivity index (χ2v) is 5.50. The number of benzene rings is 2. The monoisotopic (exact) mass is 376 g/mol. The van der Waals surface area contributed by atoms with Crippen LogP contribution in [0.3, 0.4) is 0 Å². The van der Waals surface area contributed by atoms with E-state index >= 15 is 0 Å². The van der Waals surface area contributed by atoms with E-state index in [0.717, 1.165) is 15.6 Å². The van der Waals surface area contributed by atoms with Crippen molar-refractivity contribution in [2.24, 2.45) is 0 Å². The van der Waals surface area contributed by atoms with Crippen LogP contribution in [0.4, 0.5) is 0 Å². The number of carbonyl (C=O) groups is 1. The Kier molecular flexibility index (Phi) is 6.23. The van der Waals surface area contributed by atoms with Gasteiger partial charge in [0.05, 0.1) is 14.2 Å². The van der Waals surface area contributed by atoms with Crippen molar-refractivity contribution in [3.8, 4) is 11.5 Å². The van der Waals surface area contributed by atoms with Gasteiger partial charge in [-0.15, -0.1) is 0 Å². The van der Waals surface area contributed by atoms with Gasteiger partial charge in [0.2, 0.25) is 0 Å². The van der Waals surface area contributed by atoms with E-state index in [0.29, 0.717) is 11.5 Å². The van der Waals surface area contributed by atoms with Gasteiger partial charge >= 0.3 is 5.97 Å². The zero-order valence-corrected chi connectivity index (χ0v) is 14.5. The van der Waals surface area contributed by atoms with Crippen molar-refractivity contribution < 1.29 is 19.0 Å². The maximum atomic E-state index is 11.8. The summed E-state index contributed by atoms with van der Waals surface area (Å²) in [5, 5.41) is 0. The number of ether oxygens (including phenoxy) is 3. The summed E-state index contributed by atoms with van der Waals surface area (Å²) >= 11 is 3.43. The number of esters is 1. The molecule has 5 heteroatoms. The Morgan fingerprint density at radius 1 is 1.09 bits per heavy atom. The van der Waals surface area contributed by atoms with Crippen molar-refractivity contribution in [2.45, 2.75) is 6.61 Å². The standard InChI is InChI=1S/C18H17BrO4/c1-21-16-10-14(15(19)11-17(16)22-2)12-23-18(20)9-8-13-6-4-3-5-7-13/h3-11H,12H2,1-2H3/b9-8+. The molecule has 0 N–H and O–H groups in total. The molecule has 2 aromatic rings. The van der Waals surface area contributed by atoms with Gasteiger partial charge in [-0.25, -0.2) is 4.79 Å². The SMILES string of the molecule is COc1cc(Br)c(COC(=O)/C=C/c2ccccc2)cc1OC. The Labute approximate surface area is 143 Å². The van der Waals surface area contributed by atoms with Gasteiger partial charge in [-0.2, -0.15) is 0 Å². The average molecular weight is 377 g/mol. The van der Waals surface area contributed by atoms with Gasteiger partial charge in [0.15, 0.2) is 11.5 Å². The summed E-state index contributed by atoms with van der Waals surface area (Å²) in [6, 6.07) is 13.1. The molecule has 0 aliphatic rings. The van der Waals surface area contributed by atoms with E-state index in [1.807, 2.05) is 30.3 Å². The van der Waals surface area contributed by atoms with Gasteiger partial charge in [0.25, 0.3) is 0 Å². The minimum absolute atomic E-state index is 0.138. The first-order chi connectivity index (χ1) is 11.1. The summed E-state index contributed by atoms with van der Waals surface area (Å²) < 4.78 is 16.5. The number of hydrogen-bond acceptors (Lipinski definition) is 4. The molecule has 0 bridgehead atoms. The van der Waals surface area contributed by atoms with Crippen LogP contribution >= 0.6 is 15.9 Å². The number of rotatable bonds is 6. The molecule has 2 aromatic carbocycles. The minimum atomic E-state index is -0.407. The van der Waals surface area contributed by atoms with Gasteiger partial charge in [0.1, 0.15) is 6.61 Å². The fourth-order valence-electron chi connectivity index (χ4n) is 1.93. The lowest BCUT2D eigenvalue weighted by Crippen LogP contribution is -2.02. The molecule has 120 valence electrons. The van der Waals surface area contributed by atoms with Crippen molar-refractivity contribution in [2.75, 3.05) is 14.2 Å². The second-order valence-electron chi connectivity index (χ2n) is 4.65. The molecule has 0 saturated heterocycles. The largest absolute Gasteiger partial charge is 0.493 e. The van der Waals surface area contributed by atoms with Crippen LogP contribution in [0.1, 0.15) is 11.1 Å². The summed E-state index contributed by atoms with van der Waals surface area (Å²) in [5.41, 5.74) is 1.74. The van der Waals surface area contributed by atoms with Crippen LogP contribution in [0.5, 0.6) is 11.5 Å². The molecular weight excluding hydrogens is 360 g/mol. The maximum Gasteiger partial charge on any atom is 0.331 e. The molecule has 23 heavy (non-hydrogen) atoms. The van der Waals surface area contributed by atoms with Crippen molar-refractivity contribution in [3.05, 3.63) is 64.1 Å². The highest BCUT2D eigenvalue weighted by atomic mass is 79.9. The molecule has 2 rings (SSSR count). The van der Waals surface area contributed by atoms with Crippen LogP contribution in [0.25, 0.3) is 6.08 Å². The predicted octanol–water partition coefficient (Wildman–Crippen LogP) is 4.22. The summed E-state index contributed by atoms with van der Waals surface area (Å²) in [6.07, 6.45) is 3.12. The normalized spacial score (nSPS) is 10.6. The molecule has 0 atom stereocenters. The van der Waals surface area contributed by atoms with Crippen LogP contribution in [-0.4, -0.2) is 20.2 Å². The molecular formula is C18H17BrO4. The molecule has 0 spiro atoms. The topological polar surface area (TPSA) is 44.8 Å². The highest BCUT2D eigenvalue weighted by Gasteiger charge is 2.10. The summed E-state index contributed by atoms with van der Waals surface area (Å²) in [7, 11) is 3.13. The first kappa shape index (κ1) is 17.1. The Morgan fingerprint density at radius 3 is 2.39 bits per heavy atom. The smallest absolute Gasteiger partial charge is 0.331 e. The van der Waals surface area contributed by atoms with Gasteiger partial charge < -0.3 is 14.2 Å². The zero-order valence-electron chi connectivity index (χ0n) is 12.9. The molecule has 0 fully saturated rings. The quantitative estimate of drug-likeness (QED) is 0.559. The van der Waals surface area contributed by atoms with E-state index in [9.17, 15) is 4.79 Å². The number of carbonyl (C=O) groups excluding carboxylic acids is 1. The third-order valence-corrected chi connectivity index (χ3v) is 3.87. The molecule has 0 aliphatic heterocycles. The van der Waals surface area contributed by atoms with Crippen molar-refractivity contribution in [1.29, 1.82) is 0 Å². The number of halogens is 1. The lowest BCUT2D eigenvalue weighted by Gasteiger charge is -2.11. The Balaban J connectivity index is 2.00. The molecule has 0 aromatic heterocycles. The van der Waals surface area contributed by atoms with Crippen LogP contribution in [0.2, 0.25) is 0 Å². The van der Waals surface area contributed by atoms with E-state index in [2.05, 4.69) is 15.9 Å². The Morgan fingerprint density at radius 2 is 1.74 bits per heavy atom. The average Bonchev–Trinajstić information content (AvgIpc) is 2.59. The molecule has 0 radical (unpaired) electrons. The third-order valence-electron chi connectivity index (χ3n) is 3.13. The lowest BCUT2D eigenvalue weighted by atomic mass is 10.2. The molecule has 0 saturated carbocycles. The molecule has 0 unspecified atom stereocenters. The third kappa shape index (κ3) is 4.86. The summed E-state index contributed by atoms with van der Waals surface area (Å²) in [6.45, 7) is 0.138. The van der Waals surface area contributed by atoms with Crippen LogP contribution in [0, 0.1) is 0 Å². The zero-order chi connectivity index (χ0) is 16.7. The molecule has 0 heterocycles. The lowest BCUT2D eigenvalue weighted by molar-refractivity contribution is -0.138. The molecule has 0 aliphatic carbocycles. The van der Waals surface area contributed by atoms with Gasteiger partial charge in [-0.1, -0.05) is 46.3 Å². The first-order valence-electron chi connectivity index (χ1n) is 6.94. The van der Waals surface area contributed by atoms with E-state index in [1.165, 1.54) is 6.08 Å². The first-order valence-corrected chi connectivity index (χ1v) is 7.73. The van der Waals surface area contributed by atoms with E-state index < -0.39 is 5.97 Å². The van der Waals surface area contributed by atoms with Crippen molar-refractivity contribution in [1.82, 2.24) is 0 Å². The Hall–Kier alpha value is -2.27. The molecule has 0 amide bonds. The van der Waals surface area contributed by atoms with Gasteiger partial charge in [-0.3, -0.25) is 0 Å². The predicted molar refractivity (Wildman–Crippen MR) is 92.5 cm³/mol. The maximum absolute atomic E-state index is 11.8. The minimum Gasteiger partial charge on any atom is -0.493 e. The highest BCUT2D eigenvalue weighted by molar-refractivity contribution is 9.10. The van der Waals surface area contributed by atoms with E-state index in [-0.39, 0.29) is 6.61 Å². The van der Waals surface area contributed by atoms with Crippen molar-refractivity contribution in [3.63, 3.8) is 0 Å². The van der Waals surface area contributed by atoms with E-state index in [4.69, 9.17) is 14.2 Å². The Bertz CT molecular complexity index is 696. The van der Waals surface area contributed by atoms with Crippen LogP contribution < -0.4 is 9.47 Å². The van der Waals surface area contributed by atoms with E-state index in [1.54, 1.807) is 32.4 Å². The number of hydrogen-bond donors (Lipinski definition) is 0. The second kappa shape index (κ2) is 8.39. The highest BCUT2D eigenvalue weighted by Crippen LogP contribution is 2.33. The van der Waals surface area contributed by atoms with Crippen LogP contribution in [-0.2, 0) is 16.1 Å². The summed E-state index contributed by atoms with van der Waals surface area (Å²) in [4.78, 5) is 11.8. The van der Waals surface area contributed by atoms with Crippen LogP contribution in [0.15, 0.2) is 53.0 Å². The fourth-order valence-corrected chi connectivity index (χ4v) is 2.37. The number of methoxy groups -OCH3 is 2. The fraction of sp³-hybridized carbons (Fsp3) is 0.167. The van der Waals surface area contributed by atoms with Gasteiger partial charge in [-0.05, 0) is 23.8 Å².